The molecule has 4 N–H and O–H groups in total. The zero-order chi connectivity index (χ0) is 8.77. The van der Waals surface area contributed by atoms with E-state index in [1.165, 1.54) is 6.07 Å². The number of rotatable bonds is 1. The first-order chi connectivity index (χ1) is 5.63. The molecule has 1 fully saturated rings. The molecule has 0 saturated heterocycles. The summed E-state index contributed by atoms with van der Waals surface area (Å²) in [6, 6.07) is 4.80. The fourth-order valence-electron chi connectivity index (χ4n) is 1.38. The Morgan fingerprint density at radius 2 is 2.00 bits per heavy atom. The highest BCUT2D eigenvalue weighted by molar-refractivity contribution is 5.53. The quantitative estimate of drug-likeness (QED) is 0.619. The van der Waals surface area contributed by atoms with E-state index in [1.54, 1.807) is 12.1 Å². The van der Waals surface area contributed by atoms with Crippen molar-refractivity contribution in [3.63, 3.8) is 0 Å². The summed E-state index contributed by atoms with van der Waals surface area (Å²) >= 11 is 0. The van der Waals surface area contributed by atoms with E-state index in [9.17, 15) is 4.39 Å². The fraction of sp³-hybridized carbons (Fsp3) is 0.333. The molecule has 1 aromatic rings. The van der Waals surface area contributed by atoms with Crippen LogP contribution in [-0.4, -0.2) is 0 Å². The third kappa shape index (κ3) is 0.975. The second-order valence-electron chi connectivity index (χ2n) is 3.36. The van der Waals surface area contributed by atoms with E-state index in [0.717, 1.165) is 18.4 Å². The van der Waals surface area contributed by atoms with Crippen molar-refractivity contribution in [3.05, 3.63) is 29.6 Å². The number of hydrogen-bond donors (Lipinski definition) is 2. The molecule has 2 nitrogen and oxygen atoms in total. The largest absolute Gasteiger partial charge is 0.396 e. The van der Waals surface area contributed by atoms with Crippen molar-refractivity contribution in [2.45, 2.75) is 18.4 Å². The Morgan fingerprint density at radius 1 is 1.33 bits per heavy atom. The van der Waals surface area contributed by atoms with Crippen molar-refractivity contribution >= 4 is 5.69 Å². The number of para-hydroxylation sites is 1. The molecule has 0 radical (unpaired) electrons. The van der Waals surface area contributed by atoms with Crippen LogP contribution in [0, 0.1) is 5.82 Å². The van der Waals surface area contributed by atoms with E-state index in [1.807, 2.05) is 0 Å². The minimum atomic E-state index is -0.371. The van der Waals surface area contributed by atoms with Crippen molar-refractivity contribution in [1.29, 1.82) is 0 Å². The summed E-state index contributed by atoms with van der Waals surface area (Å²) in [5.41, 5.74) is 12.1. The third-order valence-electron chi connectivity index (χ3n) is 2.38. The molecule has 0 heterocycles. The van der Waals surface area contributed by atoms with Gasteiger partial charge >= 0.3 is 0 Å². The second kappa shape index (κ2) is 2.20. The third-order valence-corrected chi connectivity index (χ3v) is 2.38. The molecule has 12 heavy (non-hydrogen) atoms. The van der Waals surface area contributed by atoms with Gasteiger partial charge in [0, 0.05) is 5.54 Å². The van der Waals surface area contributed by atoms with Crippen LogP contribution in [0.4, 0.5) is 10.1 Å². The van der Waals surface area contributed by atoms with Crippen LogP contribution < -0.4 is 11.5 Å². The summed E-state index contributed by atoms with van der Waals surface area (Å²) in [6.07, 6.45) is 1.81. The second-order valence-corrected chi connectivity index (χ2v) is 3.36. The predicted octanol–water partition coefficient (Wildman–Crippen LogP) is 1.36. The van der Waals surface area contributed by atoms with Crippen LogP contribution in [0.2, 0.25) is 0 Å². The Balaban J connectivity index is 2.51. The zero-order valence-corrected chi connectivity index (χ0v) is 6.68. The van der Waals surface area contributed by atoms with E-state index in [0.29, 0.717) is 0 Å². The van der Waals surface area contributed by atoms with Gasteiger partial charge in [0.15, 0.2) is 0 Å². The predicted molar refractivity (Wildman–Crippen MR) is 45.9 cm³/mol. The molecule has 0 amide bonds. The van der Waals surface area contributed by atoms with Crippen LogP contribution in [0.15, 0.2) is 18.2 Å². The van der Waals surface area contributed by atoms with Gasteiger partial charge in [-0.25, -0.2) is 4.39 Å². The minimum Gasteiger partial charge on any atom is -0.396 e. The standard InChI is InChI=1S/C9H11FN2/c10-7-3-1-2-6(8(7)11)9(12)4-5-9/h1-3H,4-5,11-12H2. The van der Waals surface area contributed by atoms with Gasteiger partial charge in [0.05, 0.1) is 5.69 Å². The highest BCUT2D eigenvalue weighted by Gasteiger charge is 2.41. The minimum absolute atomic E-state index is 0.206. The molecule has 2 rings (SSSR count). The van der Waals surface area contributed by atoms with Gasteiger partial charge in [0.1, 0.15) is 5.82 Å². The van der Waals surface area contributed by atoms with Crippen LogP contribution in [0.25, 0.3) is 0 Å². The lowest BCUT2D eigenvalue weighted by molar-refractivity contribution is 0.624. The number of hydrogen-bond acceptors (Lipinski definition) is 2. The normalized spacial score (nSPS) is 19.2. The van der Waals surface area contributed by atoms with E-state index in [2.05, 4.69) is 0 Å². The zero-order valence-electron chi connectivity index (χ0n) is 6.68. The van der Waals surface area contributed by atoms with Crippen molar-refractivity contribution in [1.82, 2.24) is 0 Å². The van der Waals surface area contributed by atoms with Gasteiger partial charge in [-0.2, -0.15) is 0 Å². The Morgan fingerprint density at radius 3 is 2.58 bits per heavy atom. The molecule has 1 aliphatic carbocycles. The number of halogens is 1. The summed E-state index contributed by atoms with van der Waals surface area (Å²) in [5, 5.41) is 0. The van der Waals surface area contributed by atoms with E-state index >= 15 is 0 Å². The van der Waals surface area contributed by atoms with Gasteiger partial charge in [-0.15, -0.1) is 0 Å². The van der Waals surface area contributed by atoms with Gasteiger partial charge in [-0.3, -0.25) is 0 Å². The smallest absolute Gasteiger partial charge is 0.146 e. The maximum absolute atomic E-state index is 13.0. The monoisotopic (exact) mass is 166 g/mol. The summed E-state index contributed by atoms with van der Waals surface area (Å²) in [5.74, 6) is -0.371. The SMILES string of the molecule is Nc1c(F)cccc1C1(N)CC1. The molecule has 3 heteroatoms. The Kier molecular flexibility index (Phi) is 1.38. The van der Waals surface area contributed by atoms with E-state index in [4.69, 9.17) is 11.5 Å². The number of anilines is 1. The summed E-state index contributed by atoms with van der Waals surface area (Å²) in [7, 11) is 0. The molecule has 0 aromatic heterocycles. The molecular weight excluding hydrogens is 155 g/mol. The van der Waals surface area contributed by atoms with Crippen molar-refractivity contribution in [2.75, 3.05) is 5.73 Å². The molecular formula is C9H11FN2. The molecule has 64 valence electrons. The van der Waals surface area contributed by atoms with Crippen LogP contribution in [0.3, 0.4) is 0 Å². The average molecular weight is 166 g/mol. The van der Waals surface area contributed by atoms with Crippen LogP contribution >= 0.6 is 0 Å². The Hall–Kier alpha value is -1.09. The molecule has 1 aromatic carbocycles. The molecule has 0 atom stereocenters. The van der Waals surface area contributed by atoms with E-state index < -0.39 is 0 Å². The molecule has 0 unspecified atom stereocenters. The van der Waals surface area contributed by atoms with Gasteiger partial charge in [-0.05, 0) is 24.5 Å². The van der Waals surface area contributed by atoms with Crippen molar-refractivity contribution < 1.29 is 4.39 Å². The Labute approximate surface area is 70.4 Å². The first-order valence-electron chi connectivity index (χ1n) is 3.97. The van der Waals surface area contributed by atoms with Gasteiger partial charge < -0.3 is 11.5 Å². The van der Waals surface area contributed by atoms with E-state index in [-0.39, 0.29) is 17.0 Å². The topological polar surface area (TPSA) is 52.0 Å². The highest BCUT2D eigenvalue weighted by Crippen LogP contribution is 2.45. The lowest BCUT2D eigenvalue weighted by Gasteiger charge is -2.11. The summed E-state index contributed by atoms with van der Waals surface area (Å²) < 4.78 is 13.0. The number of benzene rings is 1. The van der Waals surface area contributed by atoms with Crippen LogP contribution in [-0.2, 0) is 5.54 Å². The number of nitrogens with two attached hydrogens (primary N) is 2. The highest BCUT2D eigenvalue weighted by atomic mass is 19.1. The molecule has 0 spiro atoms. The molecule has 0 bridgehead atoms. The maximum atomic E-state index is 13.0. The average Bonchev–Trinajstić information content (AvgIpc) is 2.75. The summed E-state index contributed by atoms with van der Waals surface area (Å²) in [4.78, 5) is 0. The van der Waals surface area contributed by atoms with Gasteiger partial charge in [0.25, 0.3) is 0 Å². The lowest BCUT2D eigenvalue weighted by Crippen LogP contribution is -2.20. The Bertz CT molecular complexity index is 318. The number of nitrogen functional groups attached to an aromatic ring is 1. The molecule has 1 saturated carbocycles. The lowest BCUT2D eigenvalue weighted by atomic mass is 10.0. The fourth-order valence-corrected chi connectivity index (χ4v) is 1.38. The van der Waals surface area contributed by atoms with Crippen molar-refractivity contribution in [2.24, 2.45) is 5.73 Å². The van der Waals surface area contributed by atoms with Gasteiger partial charge in [-0.1, -0.05) is 12.1 Å². The first-order valence-corrected chi connectivity index (χ1v) is 3.97. The maximum Gasteiger partial charge on any atom is 0.146 e. The van der Waals surface area contributed by atoms with Gasteiger partial charge in [0.2, 0.25) is 0 Å². The van der Waals surface area contributed by atoms with Crippen LogP contribution in [0.5, 0.6) is 0 Å². The molecule has 0 aliphatic heterocycles. The summed E-state index contributed by atoms with van der Waals surface area (Å²) in [6.45, 7) is 0. The van der Waals surface area contributed by atoms with Crippen molar-refractivity contribution in [3.8, 4) is 0 Å². The van der Waals surface area contributed by atoms with Crippen LogP contribution in [0.1, 0.15) is 18.4 Å². The first kappa shape index (κ1) is 7.55. The molecule has 1 aliphatic rings.